The lowest BCUT2D eigenvalue weighted by Crippen LogP contribution is -2.51. The number of rotatable bonds is 5. The van der Waals surface area contributed by atoms with Crippen molar-refractivity contribution < 1.29 is 18.1 Å². The third kappa shape index (κ3) is 4.86. The third-order valence-electron chi connectivity index (χ3n) is 5.32. The summed E-state index contributed by atoms with van der Waals surface area (Å²) in [5.74, 6) is 0.108. The fourth-order valence-electron chi connectivity index (χ4n) is 3.65. The molecule has 2 saturated heterocycles. The predicted octanol–water partition coefficient (Wildman–Crippen LogP) is 1.30. The highest BCUT2D eigenvalue weighted by molar-refractivity contribution is 7.89. The first-order valence-corrected chi connectivity index (χ1v) is 11.1. The molecule has 0 N–H and O–H groups in total. The smallest absolute Gasteiger partial charge is 0.270 e. The first kappa shape index (κ1) is 20.7. The van der Waals surface area contributed by atoms with Gasteiger partial charge in [0.05, 0.1) is 16.4 Å². The van der Waals surface area contributed by atoms with Crippen molar-refractivity contribution in [2.75, 3.05) is 45.8 Å². The average molecular weight is 410 g/mol. The van der Waals surface area contributed by atoms with Gasteiger partial charge >= 0.3 is 0 Å². The van der Waals surface area contributed by atoms with Crippen LogP contribution >= 0.6 is 0 Å². The number of piperazine rings is 1. The quantitative estimate of drug-likeness (QED) is 0.535. The van der Waals surface area contributed by atoms with Crippen LogP contribution in [0.25, 0.3) is 0 Å². The van der Waals surface area contributed by atoms with Gasteiger partial charge in [0.15, 0.2) is 0 Å². The van der Waals surface area contributed by atoms with Gasteiger partial charge in [-0.05, 0) is 18.9 Å². The summed E-state index contributed by atoms with van der Waals surface area (Å²) in [6.07, 6.45) is 4.41. The summed E-state index contributed by atoms with van der Waals surface area (Å²) in [4.78, 5) is 26.6. The molecule has 10 heteroatoms. The maximum absolute atomic E-state index is 12.8. The van der Waals surface area contributed by atoms with Crippen molar-refractivity contribution in [3.8, 4) is 0 Å². The Balaban J connectivity index is 1.57. The first-order valence-electron chi connectivity index (χ1n) is 9.63. The van der Waals surface area contributed by atoms with E-state index in [1.54, 1.807) is 0 Å². The number of non-ortho nitro benzene ring substituents is 1. The summed E-state index contributed by atoms with van der Waals surface area (Å²) in [6, 6.07) is 5.11. The maximum atomic E-state index is 12.8. The van der Waals surface area contributed by atoms with Gasteiger partial charge in [-0.25, -0.2) is 8.42 Å². The van der Waals surface area contributed by atoms with Crippen molar-refractivity contribution in [2.24, 2.45) is 0 Å². The molecule has 9 nitrogen and oxygen atoms in total. The molecule has 0 aromatic heterocycles. The number of carbonyl (C=O) groups is 1. The fourth-order valence-corrected chi connectivity index (χ4v) is 5.11. The summed E-state index contributed by atoms with van der Waals surface area (Å²) >= 11 is 0. The minimum atomic E-state index is -3.79. The van der Waals surface area contributed by atoms with E-state index in [1.807, 2.05) is 9.80 Å². The zero-order valence-corrected chi connectivity index (χ0v) is 16.6. The van der Waals surface area contributed by atoms with E-state index in [4.69, 9.17) is 0 Å². The molecule has 2 heterocycles. The van der Waals surface area contributed by atoms with Crippen LogP contribution in [0.2, 0.25) is 0 Å². The molecule has 2 fully saturated rings. The number of sulfonamides is 1. The molecule has 0 aliphatic carbocycles. The van der Waals surface area contributed by atoms with Crippen molar-refractivity contribution in [2.45, 2.75) is 30.6 Å². The number of nitro benzene ring substituents is 1. The van der Waals surface area contributed by atoms with Crippen LogP contribution in [0.4, 0.5) is 5.69 Å². The molecular formula is C18H26N4O5S. The number of likely N-dealkylation sites (tertiary alicyclic amines) is 1. The molecule has 0 unspecified atom stereocenters. The van der Waals surface area contributed by atoms with Gasteiger partial charge in [-0.3, -0.25) is 19.8 Å². The lowest BCUT2D eigenvalue weighted by molar-refractivity contribution is -0.385. The van der Waals surface area contributed by atoms with Gasteiger partial charge in [-0.1, -0.05) is 18.9 Å². The van der Waals surface area contributed by atoms with Crippen LogP contribution in [0.15, 0.2) is 29.2 Å². The minimum Gasteiger partial charge on any atom is -0.342 e. The zero-order valence-electron chi connectivity index (χ0n) is 15.8. The number of amides is 1. The molecule has 154 valence electrons. The summed E-state index contributed by atoms with van der Waals surface area (Å²) < 4.78 is 26.9. The Kier molecular flexibility index (Phi) is 6.63. The Hall–Kier alpha value is -2.04. The number of nitrogens with zero attached hydrogens (tertiary/aromatic N) is 4. The number of carbonyl (C=O) groups excluding carboxylic acids is 1. The molecule has 0 spiro atoms. The van der Waals surface area contributed by atoms with Crippen molar-refractivity contribution >= 4 is 21.6 Å². The van der Waals surface area contributed by atoms with Crippen molar-refractivity contribution in [1.82, 2.24) is 14.1 Å². The highest BCUT2D eigenvalue weighted by atomic mass is 32.2. The van der Waals surface area contributed by atoms with Gasteiger partial charge < -0.3 is 4.90 Å². The molecule has 1 amide bonds. The van der Waals surface area contributed by atoms with E-state index >= 15 is 0 Å². The van der Waals surface area contributed by atoms with E-state index in [0.29, 0.717) is 19.6 Å². The van der Waals surface area contributed by atoms with E-state index < -0.39 is 14.9 Å². The highest BCUT2D eigenvalue weighted by Crippen LogP contribution is 2.22. The van der Waals surface area contributed by atoms with E-state index in [9.17, 15) is 23.3 Å². The van der Waals surface area contributed by atoms with Gasteiger partial charge in [0.1, 0.15) is 0 Å². The van der Waals surface area contributed by atoms with Gasteiger partial charge in [0.25, 0.3) is 5.69 Å². The van der Waals surface area contributed by atoms with E-state index in [1.165, 1.54) is 22.5 Å². The fraction of sp³-hybridized carbons (Fsp3) is 0.611. The molecular weight excluding hydrogens is 384 g/mol. The first-order chi connectivity index (χ1) is 13.4. The SMILES string of the molecule is O=C(CN1CCN(S(=O)(=O)c2cccc([N+](=O)[O-])c2)CC1)N1CCCCCC1. The average Bonchev–Trinajstić information content (AvgIpc) is 2.98. The van der Waals surface area contributed by atoms with Crippen LogP contribution in [0.5, 0.6) is 0 Å². The third-order valence-corrected chi connectivity index (χ3v) is 7.21. The topological polar surface area (TPSA) is 104 Å². The Morgan fingerprint density at radius 3 is 2.25 bits per heavy atom. The number of hydrogen-bond donors (Lipinski definition) is 0. The van der Waals surface area contributed by atoms with Gasteiger partial charge in [-0.2, -0.15) is 4.31 Å². The van der Waals surface area contributed by atoms with Gasteiger partial charge in [0, 0.05) is 51.4 Å². The van der Waals surface area contributed by atoms with Crippen molar-refractivity contribution in [3.63, 3.8) is 0 Å². The lowest BCUT2D eigenvalue weighted by atomic mass is 10.2. The largest absolute Gasteiger partial charge is 0.342 e. The zero-order chi connectivity index (χ0) is 20.1. The molecule has 0 saturated carbocycles. The Bertz CT molecular complexity index is 813. The number of benzene rings is 1. The van der Waals surface area contributed by atoms with Crippen LogP contribution in [0.3, 0.4) is 0 Å². The Morgan fingerprint density at radius 1 is 1.00 bits per heavy atom. The number of nitro groups is 1. The second-order valence-corrected chi connectivity index (χ2v) is 9.17. The van der Waals surface area contributed by atoms with E-state index in [0.717, 1.165) is 44.8 Å². The number of hydrogen-bond acceptors (Lipinski definition) is 6. The molecule has 0 atom stereocenters. The summed E-state index contributed by atoms with van der Waals surface area (Å²) in [5, 5.41) is 10.9. The van der Waals surface area contributed by atoms with E-state index in [-0.39, 0.29) is 29.6 Å². The minimum absolute atomic E-state index is 0.0733. The Labute approximate surface area is 165 Å². The van der Waals surface area contributed by atoms with Gasteiger partial charge in [-0.15, -0.1) is 0 Å². The molecule has 2 aliphatic rings. The Morgan fingerprint density at radius 2 is 1.64 bits per heavy atom. The van der Waals surface area contributed by atoms with Gasteiger partial charge in [0.2, 0.25) is 15.9 Å². The summed E-state index contributed by atoms with van der Waals surface area (Å²) in [5.41, 5.74) is -0.247. The van der Waals surface area contributed by atoms with Crippen molar-refractivity contribution in [1.29, 1.82) is 0 Å². The molecule has 2 aliphatic heterocycles. The van der Waals surface area contributed by atoms with Crippen LogP contribution < -0.4 is 0 Å². The molecule has 0 bridgehead atoms. The summed E-state index contributed by atoms with van der Waals surface area (Å²) in [6.45, 7) is 3.38. The molecule has 1 aromatic rings. The van der Waals surface area contributed by atoms with Crippen LogP contribution in [0, 0.1) is 10.1 Å². The van der Waals surface area contributed by atoms with E-state index in [2.05, 4.69) is 0 Å². The maximum Gasteiger partial charge on any atom is 0.270 e. The highest BCUT2D eigenvalue weighted by Gasteiger charge is 2.30. The van der Waals surface area contributed by atoms with Crippen LogP contribution in [-0.2, 0) is 14.8 Å². The molecule has 3 rings (SSSR count). The second-order valence-electron chi connectivity index (χ2n) is 7.23. The second kappa shape index (κ2) is 8.97. The lowest BCUT2D eigenvalue weighted by Gasteiger charge is -2.34. The standard InChI is InChI=1S/C18H26N4O5S/c23-18(20-8-3-1-2-4-9-20)15-19-10-12-21(13-11-19)28(26,27)17-7-5-6-16(14-17)22(24)25/h5-7,14H,1-4,8-13,15H2. The monoisotopic (exact) mass is 410 g/mol. The summed E-state index contributed by atoms with van der Waals surface area (Å²) in [7, 11) is -3.79. The van der Waals surface area contributed by atoms with Crippen LogP contribution in [-0.4, -0.2) is 79.2 Å². The normalized spacial score (nSPS) is 19.9. The van der Waals surface area contributed by atoms with Crippen LogP contribution in [0.1, 0.15) is 25.7 Å². The predicted molar refractivity (Wildman–Crippen MR) is 103 cm³/mol. The molecule has 0 radical (unpaired) electrons. The van der Waals surface area contributed by atoms with Crippen molar-refractivity contribution in [3.05, 3.63) is 34.4 Å². The molecule has 28 heavy (non-hydrogen) atoms. The molecule has 1 aromatic carbocycles.